The third-order valence-corrected chi connectivity index (χ3v) is 3.85. The maximum Gasteiger partial charge on any atom is 0.434 e. The minimum absolute atomic E-state index is 0.282. The van der Waals surface area contributed by atoms with Gasteiger partial charge in [-0.1, -0.05) is 18.2 Å². The second-order valence-electron chi connectivity index (χ2n) is 5.22. The van der Waals surface area contributed by atoms with Gasteiger partial charge >= 0.3 is 6.18 Å². The van der Waals surface area contributed by atoms with Crippen molar-refractivity contribution >= 4 is 5.91 Å². The van der Waals surface area contributed by atoms with Gasteiger partial charge in [-0.05, 0) is 24.6 Å². The lowest BCUT2D eigenvalue weighted by molar-refractivity contribution is -0.141. The first-order chi connectivity index (χ1) is 10.9. The maximum atomic E-state index is 13.8. The van der Waals surface area contributed by atoms with E-state index in [1.54, 1.807) is 6.07 Å². The van der Waals surface area contributed by atoms with E-state index in [0.29, 0.717) is 12.0 Å². The minimum Gasteiger partial charge on any atom is -0.331 e. The Balaban J connectivity index is 1.92. The highest BCUT2D eigenvalue weighted by Gasteiger charge is 2.41. The summed E-state index contributed by atoms with van der Waals surface area (Å²) in [7, 11) is 0. The number of carbonyl (C=O) groups is 1. The number of pyridine rings is 1. The summed E-state index contributed by atoms with van der Waals surface area (Å²) >= 11 is 0. The number of likely N-dealkylation sites (tertiary alicyclic amines) is 1. The largest absolute Gasteiger partial charge is 0.434 e. The Morgan fingerprint density at radius 1 is 1.17 bits per heavy atom. The molecule has 0 radical (unpaired) electrons. The Kier molecular flexibility index (Phi) is 3.79. The highest BCUT2D eigenvalue weighted by molar-refractivity contribution is 5.96. The van der Waals surface area contributed by atoms with Crippen LogP contribution in [0.15, 0.2) is 42.6 Å². The van der Waals surface area contributed by atoms with E-state index in [0.717, 1.165) is 12.3 Å². The molecular formula is C16H12F4N2O. The van der Waals surface area contributed by atoms with Gasteiger partial charge in [0.2, 0.25) is 0 Å². The van der Waals surface area contributed by atoms with Gasteiger partial charge in [-0.3, -0.25) is 9.78 Å². The van der Waals surface area contributed by atoms with Crippen molar-refractivity contribution in [1.82, 2.24) is 9.88 Å². The topological polar surface area (TPSA) is 33.2 Å². The van der Waals surface area contributed by atoms with Gasteiger partial charge in [-0.25, -0.2) is 4.39 Å². The summed E-state index contributed by atoms with van der Waals surface area (Å²) in [6, 6.07) is 7.77. The summed E-state index contributed by atoms with van der Waals surface area (Å²) in [5, 5.41) is 0. The molecule has 23 heavy (non-hydrogen) atoms. The van der Waals surface area contributed by atoms with Crippen LogP contribution in [-0.4, -0.2) is 22.3 Å². The van der Waals surface area contributed by atoms with Crippen molar-refractivity contribution < 1.29 is 22.4 Å². The molecule has 1 aromatic carbocycles. The number of carbonyl (C=O) groups excluding carboxylic acids is 1. The molecule has 0 unspecified atom stereocenters. The molecule has 0 N–H and O–H groups in total. The smallest absolute Gasteiger partial charge is 0.331 e. The van der Waals surface area contributed by atoms with E-state index in [-0.39, 0.29) is 6.54 Å². The Bertz CT molecular complexity index is 745. The van der Waals surface area contributed by atoms with Crippen LogP contribution in [0, 0.1) is 5.82 Å². The molecular weight excluding hydrogens is 312 g/mol. The zero-order valence-corrected chi connectivity index (χ0v) is 11.8. The molecule has 120 valence electrons. The molecule has 0 saturated carbocycles. The molecule has 1 saturated heterocycles. The quantitative estimate of drug-likeness (QED) is 0.787. The lowest BCUT2D eigenvalue weighted by atomic mass is 9.93. The average molecular weight is 324 g/mol. The van der Waals surface area contributed by atoms with E-state index in [2.05, 4.69) is 4.98 Å². The van der Waals surface area contributed by atoms with Gasteiger partial charge in [0.15, 0.2) is 5.69 Å². The molecule has 2 heterocycles. The highest BCUT2D eigenvalue weighted by Crippen LogP contribution is 2.37. The fraction of sp³-hybridized carbons (Fsp3) is 0.250. The van der Waals surface area contributed by atoms with Crippen molar-refractivity contribution in [3.8, 4) is 0 Å². The third kappa shape index (κ3) is 2.78. The number of nitrogens with zero attached hydrogens (tertiary/aromatic N) is 2. The SMILES string of the molecule is O=C(c1cccnc1C(F)(F)F)N1CC[C@H]1c1ccccc1F. The summed E-state index contributed by atoms with van der Waals surface area (Å²) in [5.74, 6) is -1.26. The first-order valence-electron chi connectivity index (χ1n) is 6.97. The zero-order chi connectivity index (χ0) is 16.6. The Hall–Kier alpha value is -2.44. The fourth-order valence-electron chi connectivity index (χ4n) is 2.66. The molecule has 3 rings (SSSR count). The van der Waals surface area contributed by atoms with Crippen LogP contribution in [0.1, 0.15) is 34.1 Å². The van der Waals surface area contributed by atoms with Crippen LogP contribution in [-0.2, 0) is 6.18 Å². The molecule has 3 nitrogen and oxygen atoms in total. The lowest BCUT2D eigenvalue weighted by Gasteiger charge is -2.41. The van der Waals surface area contributed by atoms with E-state index in [1.165, 1.54) is 29.2 Å². The molecule has 0 spiro atoms. The predicted molar refractivity (Wildman–Crippen MR) is 74.0 cm³/mol. The van der Waals surface area contributed by atoms with Crippen LogP contribution in [0.5, 0.6) is 0 Å². The number of rotatable bonds is 2. The lowest BCUT2D eigenvalue weighted by Crippen LogP contribution is -2.46. The van der Waals surface area contributed by atoms with Crippen molar-refractivity contribution in [3.63, 3.8) is 0 Å². The number of benzene rings is 1. The van der Waals surface area contributed by atoms with Crippen LogP contribution >= 0.6 is 0 Å². The summed E-state index contributed by atoms with van der Waals surface area (Å²) < 4.78 is 52.8. The highest BCUT2D eigenvalue weighted by atomic mass is 19.4. The number of amides is 1. The Morgan fingerprint density at radius 2 is 1.91 bits per heavy atom. The van der Waals surface area contributed by atoms with Gasteiger partial charge in [0.1, 0.15) is 5.82 Å². The number of aromatic nitrogens is 1. The molecule has 2 aromatic rings. The Morgan fingerprint density at radius 3 is 2.52 bits per heavy atom. The molecule has 1 amide bonds. The molecule has 0 aliphatic carbocycles. The maximum absolute atomic E-state index is 13.8. The van der Waals surface area contributed by atoms with Gasteiger partial charge in [0, 0.05) is 18.3 Å². The van der Waals surface area contributed by atoms with Gasteiger partial charge in [-0.2, -0.15) is 13.2 Å². The summed E-state index contributed by atoms with van der Waals surface area (Å²) in [6.07, 6.45) is -3.22. The van der Waals surface area contributed by atoms with Crippen LogP contribution in [0.3, 0.4) is 0 Å². The van der Waals surface area contributed by atoms with Gasteiger partial charge in [0.05, 0.1) is 11.6 Å². The normalized spacial score (nSPS) is 17.7. The molecule has 7 heteroatoms. The second kappa shape index (κ2) is 5.64. The van der Waals surface area contributed by atoms with Gasteiger partial charge < -0.3 is 4.90 Å². The van der Waals surface area contributed by atoms with Gasteiger partial charge in [0.25, 0.3) is 5.91 Å². The standard InChI is InChI=1S/C16H12F4N2O/c17-12-6-2-1-4-10(12)13-7-9-22(13)15(23)11-5-3-8-21-14(11)16(18,19)20/h1-6,8,13H,7,9H2/t13-/m0/s1. The van der Waals surface area contributed by atoms with Crippen molar-refractivity contribution in [2.45, 2.75) is 18.6 Å². The first-order valence-corrected chi connectivity index (χ1v) is 6.97. The van der Waals surface area contributed by atoms with E-state index in [4.69, 9.17) is 0 Å². The summed E-state index contributed by atoms with van der Waals surface area (Å²) in [4.78, 5) is 17.0. The summed E-state index contributed by atoms with van der Waals surface area (Å²) in [6.45, 7) is 0.282. The van der Waals surface area contributed by atoms with E-state index in [1.807, 2.05) is 0 Å². The van der Waals surface area contributed by atoms with Crippen LogP contribution in [0.2, 0.25) is 0 Å². The molecule has 1 aliphatic heterocycles. The van der Waals surface area contributed by atoms with Crippen LogP contribution in [0.25, 0.3) is 0 Å². The van der Waals surface area contributed by atoms with Crippen molar-refractivity contribution in [2.75, 3.05) is 6.54 Å². The summed E-state index contributed by atoms with van der Waals surface area (Å²) in [5.41, 5.74) is -1.42. The van der Waals surface area contributed by atoms with Crippen molar-refractivity contribution in [2.24, 2.45) is 0 Å². The van der Waals surface area contributed by atoms with Crippen LogP contribution < -0.4 is 0 Å². The van der Waals surface area contributed by atoms with Crippen molar-refractivity contribution in [3.05, 3.63) is 65.2 Å². The Labute approximate surface area is 129 Å². The molecule has 1 fully saturated rings. The van der Waals surface area contributed by atoms with Crippen molar-refractivity contribution in [1.29, 1.82) is 0 Å². The average Bonchev–Trinajstić information content (AvgIpc) is 2.47. The van der Waals surface area contributed by atoms with Crippen LogP contribution in [0.4, 0.5) is 17.6 Å². The van der Waals surface area contributed by atoms with E-state index < -0.39 is 35.2 Å². The predicted octanol–water partition coefficient (Wildman–Crippen LogP) is 3.83. The number of alkyl halides is 3. The monoisotopic (exact) mass is 324 g/mol. The number of hydrogen-bond acceptors (Lipinski definition) is 2. The molecule has 0 bridgehead atoms. The zero-order valence-electron chi connectivity index (χ0n) is 11.8. The molecule has 1 aliphatic rings. The van der Waals surface area contributed by atoms with E-state index >= 15 is 0 Å². The number of halogens is 4. The molecule has 1 atom stereocenters. The second-order valence-corrected chi connectivity index (χ2v) is 5.22. The minimum atomic E-state index is -4.72. The number of hydrogen-bond donors (Lipinski definition) is 0. The molecule has 1 aromatic heterocycles. The fourth-order valence-corrected chi connectivity index (χ4v) is 2.66. The van der Waals surface area contributed by atoms with E-state index in [9.17, 15) is 22.4 Å². The third-order valence-electron chi connectivity index (χ3n) is 3.85. The first kappa shape index (κ1) is 15.5. The van der Waals surface area contributed by atoms with Gasteiger partial charge in [-0.15, -0.1) is 0 Å².